The van der Waals surface area contributed by atoms with Crippen LogP contribution >= 0.6 is 0 Å². The van der Waals surface area contributed by atoms with E-state index in [1.54, 1.807) is 18.3 Å². The molecule has 4 aromatic rings. The third-order valence-electron chi connectivity index (χ3n) is 7.57. The van der Waals surface area contributed by atoms with Gasteiger partial charge in [-0.05, 0) is 42.2 Å². The maximum atomic E-state index is 13.8. The lowest BCUT2D eigenvalue weighted by molar-refractivity contribution is -0.138. The van der Waals surface area contributed by atoms with Gasteiger partial charge in [0.25, 0.3) is 11.8 Å². The molecule has 190 valence electrons. The van der Waals surface area contributed by atoms with Gasteiger partial charge in [-0.15, -0.1) is 0 Å². The first-order valence-electron chi connectivity index (χ1n) is 12.6. The van der Waals surface area contributed by atoms with E-state index in [0.717, 1.165) is 28.4 Å². The number of hydrogen-bond acceptors (Lipinski definition) is 4. The van der Waals surface area contributed by atoms with Crippen molar-refractivity contribution < 1.29 is 14.4 Å². The average Bonchev–Trinajstić information content (AvgIpc) is 3.66. The Hall–Kier alpha value is -4.14. The zero-order chi connectivity index (χ0) is 25.9. The van der Waals surface area contributed by atoms with Crippen LogP contribution in [0.3, 0.4) is 0 Å². The molecule has 0 spiro atoms. The van der Waals surface area contributed by atoms with Crippen molar-refractivity contribution in [3.05, 3.63) is 66.1 Å². The highest BCUT2D eigenvalue weighted by Crippen LogP contribution is 2.34. The number of piperazine rings is 1. The molecule has 9 heteroatoms. The van der Waals surface area contributed by atoms with Crippen LogP contribution in [0.15, 0.2) is 54.7 Å². The van der Waals surface area contributed by atoms with E-state index < -0.39 is 11.5 Å². The number of pyridine rings is 1. The fourth-order valence-corrected chi connectivity index (χ4v) is 5.63. The Morgan fingerprint density at radius 2 is 1.65 bits per heavy atom. The number of fused-ring (bicyclic) bond motifs is 4. The van der Waals surface area contributed by atoms with E-state index in [2.05, 4.69) is 20.3 Å². The number of aromatic nitrogens is 3. The maximum Gasteiger partial charge on any atom is 0.270 e. The monoisotopic (exact) mass is 498 g/mol. The van der Waals surface area contributed by atoms with E-state index in [1.807, 2.05) is 67.0 Å². The summed E-state index contributed by atoms with van der Waals surface area (Å²) < 4.78 is 0. The topological polar surface area (TPSA) is 114 Å². The molecule has 3 atom stereocenters. The number of carbonyl (C=O) groups excluding carboxylic acids is 3. The molecular formula is C28H30N6O3. The van der Waals surface area contributed by atoms with Gasteiger partial charge < -0.3 is 25.1 Å². The predicted octanol–water partition coefficient (Wildman–Crippen LogP) is 3.31. The summed E-state index contributed by atoms with van der Waals surface area (Å²) in [5.74, 6) is -0.485. The number of para-hydroxylation sites is 1. The summed E-state index contributed by atoms with van der Waals surface area (Å²) in [7, 11) is 0. The molecule has 0 aliphatic carbocycles. The zero-order valence-electron chi connectivity index (χ0n) is 21.1. The summed E-state index contributed by atoms with van der Waals surface area (Å²) in [5, 5.41) is 3.93. The second kappa shape index (κ2) is 8.47. The molecule has 2 aliphatic heterocycles. The minimum atomic E-state index is -0.699. The fourth-order valence-electron chi connectivity index (χ4n) is 5.63. The Labute approximate surface area is 214 Å². The number of amides is 3. The number of benzene rings is 1. The molecule has 2 saturated heterocycles. The summed E-state index contributed by atoms with van der Waals surface area (Å²) >= 11 is 0. The van der Waals surface area contributed by atoms with Gasteiger partial charge in [0.2, 0.25) is 5.91 Å². The van der Waals surface area contributed by atoms with E-state index in [4.69, 9.17) is 0 Å². The van der Waals surface area contributed by atoms with Crippen LogP contribution in [0.2, 0.25) is 0 Å². The van der Waals surface area contributed by atoms with Crippen molar-refractivity contribution in [2.75, 3.05) is 13.1 Å². The third-order valence-corrected chi connectivity index (χ3v) is 7.57. The zero-order valence-corrected chi connectivity index (χ0v) is 21.1. The van der Waals surface area contributed by atoms with Gasteiger partial charge in [0, 0.05) is 30.2 Å². The van der Waals surface area contributed by atoms with Gasteiger partial charge in [-0.2, -0.15) is 0 Å². The first kappa shape index (κ1) is 23.3. The van der Waals surface area contributed by atoms with Crippen molar-refractivity contribution in [2.24, 2.45) is 5.41 Å². The number of likely N-dealkylation sites (tertiary alicyclic amines) is 2. The van der Waals surface area contributed by atoms with Crippen LogP contribution in [-0.2, 0) is 4.79 Å². The largest absolute Gasteiger partial charge is 0.351 e. The SMILES string of the molecule is CC(C)(C)C(NC(=O)c1cc2ccccc2[nH]1)C(=O)N1C[C@@H]2C[C@H]1CN2C(=O)c1cc2ncccc2[nH]1. The van der Waals surface area contributed by atoms with E-state index >= 15 is 0 Å². The number of rotatable bonds is 4. The van der Waals surface area contributed by atoms with Gasteiger partial charge in [0.1, 0.15) is 17.4 Å². The molecule has 9 nitrogen and oxygen atoms in total. The van der Waals surface area contributed by atoms with Crippen molar-refractivity contribution in [3.8, 4) is 0 Å². The summed E-state index contributed by atoms with van der Waals surface area (Å²) in [5.41, 5.74) is 2.90. The lowest BCUT2D eigenvalue weighted by Gasteiger charge is -2.39. The highest BCUT2D eigenvalue weighted by atomic mass is 16.2. The highest BCUT2D eigenvalue weighted by Gasteiger charge is 2.50. The molecule has 2 aliphatic rings. The van der Waals surface area contributed by atoms with Crippen molar-refractivity contribution in [2.45, 2.75) is 45.3 Å². The average molecular weight is 499 g/mol. The molecule has 1 unspecified atom stereocenters. The van der Waals surface area contributed by atoms with Gasteiger partial charge in [-0.3, -0.25) is 19.4 Å². The van der Waals surface area contributed by atoms with Crippen molar-refractivity contribution in [3.63, 3.8) is 0 Å². The van der Waals surface area contributed by atoms with Crippen LogP contribution in [0.25, 0.3) is 21.9 Å². The van der Waals surface area contributed by atoms with Gasteiger partial charge >= 0.3 is 0 Å². The summed E-state index contributed by atoms with van der Waals surface area (Å²) in [6.45, 7) is 6.80. The summed E-state index contributed by atoms with van der Waals surface area (Å²) in [6, 6.07) is 14.2. The second-order valence-corrected chi connectivity index (χ2v) is 11.2. The molecule has 3 aromatic heterocycles. The minimum Gasteiger partial charge on any atom is -0.351 e. The smallest absolute Gasteiger partial charge is 0.270 e. The Kier molecular flexibility index (Phi) is 5.33. The van der Waals surface area contributed by atoms with Crippen LogP contribution in [-0.4, -0.2) is 73.7 Å². The molecule has 2 bridgehead atoms. The predicted molar refractivity (Wildman–Crippen MR) is 140 cm³/mol. The van der Waals surface area contributed by atoms with E-state index in [1.165, 1.54) is 0 Å². The number of nitrogens with one attached hydrogen (secondary N) is 3. The van der Waals surface area contributed by atoms with E-state index in [-0.39, 0.29) is 29.8 Å². The number of carbonyl (C=O) groups is 3. The summed E-state index contributed by atoms with van der Waals surface area (Å²) in [4.78, 5) is 54.5. The quantitative estimate of drug-likeness (QED) is 0.401. The van der Waals surface area contributed by atoms with Crippen LogP contribution in [0, 0.1) is 5.41 Å². The van der Waals surface area contributed by atoms with Crippen molar-refractivity contribution in [1.82, 2.24) is 30.1 Å². The first-order chi connectivity index (χ1) is 17.7. The van der Waals surface area contributed by atoms with Crippen LogP contribution in [0.4, 0.5) is 0 Å². The molecule has 0 radical (unpaired) electrons. The Bertz CT molecular complexity index is 1460. The number of H-pyrrole nitrogens is 2. The fraction of sp³-hybridized carbons (Fsp3) is 0.357. The number of aromatic amines is 2. The van der Waals surface area contributed by atoms with Crippen molar-refractivity contribution in [1.29, 1.82) is 0 Å². The Morgan fingerprint density at radius 1 is 0.946 bits per heavy atom. The molecule has 37 heavy (non-hydrogen) atoms. The second-order valence-electron chi connectivity index (χ2n) is 11.2. The van der Waals surface area contributed by atoms with Gasteiger partial charge in [0.05, 0.1) is 23.1 Å². The Balaban J connectivity index is 1.17. The molecule has 5 heterocycles. The molecule has 2 fully saturated rings. The summed E-state index contributed by atoms with van der Waals surface area (Å²) in [6.07, 6.45) is 2.44. The lowest BCUT2D eigenvalue weighted by atomic mass is 9.85. The van der Waals surface area contributed by atoms with Crippen LogP contribution in [0.5, 0.6) is 0 Å². The minimum absolute atomic E-state index is 0.0501. The number of hydrogen-bond donors (Lipinski definition) is 3. The normalized spacial score (nSPS) is 20.1. The molecular weight excluding hydrogens is 468 g/mol. The highest BCUT2D eigenvalue weighted by molar-refractivity contribution is 6.01. The molecule has 3 N–H and O–H groups in total. The van der Waals surface area contributed by atoms with Crippen LogP contribution < -0.4 is 5.32 Å². The molecule has 6 rings (SSSR count). The van der Waals surface area contributed by atoms with Crippen LogP contribution in [0.1, 0.15) is 48.2 Å². The van der Waals surface area contributed by atoms with Crippen molar-refractivity contribution >= 4 is 39.7 Å². The maximum absolute atomic E-state index is 13.8. The van der Waals surface area contributed by atoms with E-state index in [9.17, 15) is 14.4 Å². The molecule has 1 aromatic carbocycles. The first-order valence-corrected chi connectivity index (χ1v) is 12.6. The van der Waals surface area contributed by atoms with Gasteiger partial charge in [0.15, 0.2) is 0 Å². The standard InChI is InChI=1S/C28H30N6O3/c1-28(2,3)24(32-25(35)22-11-16-7-4-5-8-19(16)30-22)27(37)34-15-17-12-18(34)14-33(17)26(36)23-13-21-20(31-23)9-6-10-29-21/h4-11,13,17-18,24,30-31H,12,14-15H2,1-3H3,(H,32,35)/t17-,18-,24?/m0/s1. The third kappa shape index (κ3) is 4.04. The van der Waals surface area contributed by atoms with Gasteiger partial charge in [-0.25, -0.2) is 0 Å². The lowest BCUT2D eigenvalue weighted by Crippen LogP contribution is -2.59. The molecule has 0 saturated carbocycles. The molecule has 3 amide bonds. The van der Waals surface area contributed by atoms with E-state index in [0.29, 0.717) is 24.5 Å². The Morgan fingerprint density at radius 3 is 2.35 bits per heavy atom. The van der Waals surface area contributed by atoms with Gasteiger partial charge in [-0.1, -0.05) is 39.0 Å². The number of nitrogens with zero attached hydrogens (tertiary/aromatic N) is 3.